The van der Waals surface area contributed by atoms with Crippen molar-refractivity contribution in [3.63, 3.8) is 0 Å². The highest BCUT2D eigenvalue weighted by Crippen LogP contribution is 2.60. The maximum absolute atomic E-state index is 12.9. The fourth-order valence-electron chi connectivity index (χ4n) is 5.30. The van der Waals surface area contributed by atoms with Gasteiger partial charge >= 0.3 is 0 Å². The predicted molar refractivity (Wildman–Crippen MR) is 88.8 cm³/mol. The molecule has 3 heteroatoms. The van der Waals surface area contributed by atoms with E-state index in [-0.39, 0.29) is 34.2 Å². The van der Waals surface area contributed by atoms with E-state index in [0.717, 1.165) is 43.1 Å². The van der Waals surface area contributed by atoms with E-state index in [1.807, 2.05) is 20.8 Å². The number of aldehydes is 1. The van der Waals surface area contributed by atoms with Crippen LogP contribution in [-0.4, -0.2) is 17.9 Å². The molecule has 0 amide bonds. The fraction of sp³-hybridized carbons (Fsp3) is 0.650. The van der Waals surface area contributed by atoms with E-state index in [4.69, 9.17) is 0 Å². The minimum absolute atomic E-state index is 0.00523. The van der Waals surface area contributed by atoms with Crippen LogP contribution in [0.5, 0.6) is 0 Å². The van der Waals surface area contributed by atoms with Crippen LogP contribution < -0.4 is 0 Å². The van der Waals surface area contributed by atoms with Gasteiger partial charge in [0.05, 0.1) is 0 Å². The molecule has 0 aromatic rings. The first-order valence-corrected chi connectivity index (χ1v) is 8.75. The summed E-state index contributed by atoms with van der Waals surface area (Å²) in [4.78, 5) is 37.5. The Bertz CT molecular complexity index is 652. The van der Waals surface area contributed by atoms with Crippen LogP contribution in [0.25, 0.3) is 0 Å². The lowest BCUT2D eigenvalue weighted by Gasteiger charge is -2.54. The number of rotatable bonds is 2. The second-order valence-corrected chi connectivity index (χ2v) is 8.29. The van der Waals surface area contributed by atoms with Gasteiger partial charge in [0.25, 0.3) is 0 Å². The molecule has 124 valence electrons. The smallest absolute Gasteiger partial charge is 0.185 e. The quantitative estimate of drug-likeness (QED) is 0.575. The van der Waals surface area contributed by atoms with Crippen molar-refractivity contribution in [2.75, 3.05) is 0 Å². The normalized spacial score (nSPS) is 37.4. The van der Waals surface area contributed by atoms with Gasteiger partial charge in [0, 0.05) is 27.5 Å². The zero-order chi connectivity index (χ0) is 17.0. The summed E-state index contributed by atoms with van der Waals surface area (Å²) in [6.07, 6.45) is 6.82. The molecule has 0 radical (unpaired) electrons. The van der Waals surface area contributed by atoms with Gasteiger partial charge in [0.1, 0.15) is 6.29 Å². The Morgan fingerprint density at radius 2 is 1.91 bits per heavy atom. The maximum atomic E-state index is 12.9. The number of carbonyl (C=O) groups is 3. The molecule has 1 fully saturated rings. The molecule has 0 aromatic heterocycles. The first kappa shape index (κ1) is 16.4. The van der Waals surface area contributed by atoms with Crippen LogP contribution in [0.15, 0.2) is 22.8 Å². The molecule has 0 aliphatic heterocycles. The van der Waals surface area contributed by atoms with Crippen LogP contribution in [0.4, 0.5) is 0 Å². The van der Waals surface area contributed by atoms with E-state index in [1.165, 1.54) is 0 Å². The van der Waals surface area contributed by atoms with E-state index in [2.05, 4.69) is 6.92 Å². The molecule has 1 saturated carbocycles. The van der Waals surface area contributed by atoms with E-state index in [0.29, 0.717) is 12.0 Å². The highest BCUT2D eigenvalue weighted by molar-refractivity contribution is 6.23. The van der Waals surface area contributed by atoms with Gasteiger partial charge in [-0.3, -0.25) is 9.59 Å². The summed E-state index contributed by atoms with van der Waals surface area (Å²) in [7, 11) is 0. The van der Waals surface area contributed by atoms with Gasteiger partial charge in [-0.05, 0) is 43.6 Å². The summed E-state index contributed by atoms with van der Waals surface area (Å²) < 4.78 is 0. The first-order chi connectivity index (χ1) is 10.7. The summed E-state index contributed by atoms with van der Waals surface area (Å²) in [5.41, 5.74) is 1.38. The SMILES string of the molecule is CC(C)C1=CC(=O)C2=C(CC[C@H]3[C@@](C)(C=O)CCC[C@]23C)C1=O. The highest BCUT2D eigenvalue weighted by Gasteiger charge is 2.55. The molecule has 3 aliphatic rings. The monoisotopic (exact) mass is 314 g/mol. The Hall–Kier alpha value is -1.51. The minimum Gasteiger partial charge on any atom is -0.303 e. The van der Waals surface area contributed by atoms with Gasteiger partial charge < -0.3 is 4.79 Å². The van der Waals surface area contributed by atoms with Gasteiger partial charge in [-0.15, -0.1) is 0 Å². The van der Waals surface area contributed by atoms with E-state index < -0.39 is 0 Å². The van der Waals surface area contributed by atoms with E-state index in [1.54, 1.807) is 6.08 Å². The lowest BCUT2D eigenvalue weighted by molar-refractivity contribution is -0.127. The van der Waals surface area contributed by atoms with Crippen LogP contribution in [0.2, 0.25) is 0 Å². The van der Waals surface area contributed by atoms with Crippen molar-refractivity contribution in [3.05, 3.63) is 22.8 Å². The Balaban J connectivity index is 2.11. The van der Waals surface area contributed by atoms with Crippen LogP contribution in [0.1, 0.15) is 59.8 Å². The van der Waals surface area contributed by atoms with Crippen molar-refractivity contribution >= 4 is 17.9 Å². The Morgan fingerprint density at radius 3 is 2.52 bits per heavy atom. The molecule has 0 N–H and O–H groups in total. The van der Waals surface area contributed by atoms with Crippen LogP contribution in [0.3, 0.4) is 0 Å². The summed E-state index contributed by atoms with van der Waals surface area (Å²) in [5, 5.41) is 0. The van der Waals surface area contributed by atoms with Gasteiger partial charge in [-0.1, -0.05) is 34.1 Å². The third-order valence-electron chi connectivity index (χ3n) is 6.49. The minimum atomic E-state index is -0.378. The third-order valence-corrected chi connectivity index (χ3v) is 6.49. The molecule has 3 atom stereocenters. The molecule has 0 bridgehead atoms. The zero-order valence-corrected chi connectivity index (χ0v) is 14.6. The Labute approximate surface area is 138 Å². The van der Waals surface area contributed by atoms with Crippen molar-refractivity contribution in [1.82, 2.24) is 0 Å². The number of allylic oxidation sites excluding steroid dienone is 4. The second-order valence-electron chi connectivity index (χ2n) is 8.29. The maximum Gasteiger partial charge on any atom is 0.185 e. The van der Waals surface area contributed by atoms with Crippen LogP contribution in [0, 0.1) is 22.7 Å². The summed E-state index contributed by atoms with van der Waals surface area (Å²) in [6.45, 7) is 8.05. The van der Waals surface area contributed by atoms with Crippen LogP contribution >= 0.6 is 0 Å². The van der Waals surface area contributed by atoms with Crippen molar-refractivity contribution < 1.29 is 14.4 Å². The molecule has 3 nitrogen and oxygen atoms in total. The molecule has 0 saturated heterocycles. The largest absolute Gasteiger partial charge is 0.303 e. The molecule has 23 heavy (non-hydrogen) atoms. The standard InChI is InChI=1S/C20H26O3/c1-12(2)14-10-15(22)17-13(18(14)23)6-7-16-19(3,11-21)8-5-9-20(16,17)4/h10-12,16H,5-9H2,1-4H3/t16-,19+,20-/m0/s1. The molecule has 3 rings (SSSR count). The molecule has 0 spiro atoms. The fourth-order valence-corrected chi connectivity index (χ4v) is 5.30. The van der Waals surface area contributed by atoms with Crippen molar-refractivity contribution in [2.45, 2.75) is 59.8 Å². The molecule has 0 heterocycles. The molecular formula is C20H26O3. The first-order valence-electron chi connectivity index (χ1n) is 8.75. The zero-order valence-electron chi connectivity index (χ0n) is 14.6. The van der Waals surface area contributed by atoms with Crippen LogP contribution in [-0.2, 0) is 14.4 Å². The second kappa shape index (κ2) is 5.25. The Kier molecular flexibility index (Phi) is 3.74. The van der Waals surface area contributed by atoms with Gasteiger partial charge in [-0.2, -0.15) is 0 Å². The topological polar surface area (TPSA) is 51.2 Å². The van der Waals surface area contributed by atoms with E-state index in [9.17, 15) is 14.4 Å². The molecule has 3 aliphatic carbocycles. The van der Waals surface area contributed by atoms with E-state index >= 15 is 0 Å². The average Bonchev–Trinajstić information content (AvgIpc) is 2.49. The summed E-state index contributed by atoms with van der Waals surface area (Å²) in [6, 6.07) is 0. The predicted octanol–water partition coefficient (Wildman–Crippen LogP) is 3.82. The van der Waals surface area contributed by atoms with Crippen molar-refractivity contribution in [1.29, 1.82) is 0 Å². The Morgan fingerprint density at radius 1 is 1.22 bits per heavy atom. The van der Waals surface area contributed by atoms with Crippen molar-refractivity contribution in [2.24, 2.45) is 22.7 Å². The van der Waals surface area contributed by atoms with Gasteiger partial charge in [0.2, 0.25) is 0 Å². The summed E-state index contributed by atoms with van der Waals surface area (Å²) >= 11 is 0. The number of fused-ring (bicyclic) bond motifs is 2. The summed E-state index contributed by atoms with van der Waals surface area (Å²) in [5.74, 6) is 0.293. The van der Waals surface area contributed by atoms with Gasteiger partial charge in [0.15, 0.2) is 11.6 Å². The molecule has 0 aromatic carbocycles. The molecule has 0 unspecified atom stereocenters. The number of ketones is 2. The van der Waals surface area contributed by atoms with Gasteiger partial charge in [-0.25, -0.2) is 0 Å². The highest BCUT2D eigenvalue weighted by atomic mass is 16.1. The number of hydrogen-bond acceptors (Lipinski definition) is 3. The molecular weight excluding hydrogens is 288 g/mol. The third kappa shape index (κ3) is 2.20. The number of hydrogen-bond donors (Lipinski definition) is 0. The number of Topliss-reactive ketones (excluding diaryl/α,β-unsaturated/α-hetero) is 1. The lowest BCUT2D eigenvalue weighted by atomic mass is 9.48. The average molecular weight is 314 g/mol. The van der Waals surface area contributed by atoms with Crippen molar-refractivity contribution in [3.8, 4) is 0 Å². The number of carbonyl (C=O) groups excluding carboxylic acids is 3. The lowest BCUT2D eigenvalue weighted by Crippen LogP contribution is -2.50.